The van der Waals surface area contributed by atoms with E-state index in [1.165, 1.54) is 19.5 Å². The molecule has 1 aliphatic heterocycles. The van der Waals surface area contributed by atoms with Crippen molar-refractivity contribution in [1.82, 2.24) is 0 Å². The zero-order chi connectivity index (χ0) is 17.3. The summed E-state index contributed by atoms with van der Waals surface area (Å²) in [5.74, 6) is 1.31. The Morgan fingerprint density at radius 1 is 1.14 bits per heavy atom. The van der Waals surface area contributed by atoms with Gasteiger partial charge in [0.05, 0.1) is 27.2 Å². The third kappa shape index (κ3) is 5.26. The normalized spacial score (nSPS) is 26.9. The van der Waals surface area contributed by atoms with Crippen LogP contribution in [0.4, 0.5) is 0 Å². The van der Waals surface area contributed by atoms with Crippen molar-refractivity contribution in [2.45, 2.75) is 60.8 Å². The van der Waals surface area contributed by atoms with Crippen LogP contribution in [0.25, 0.3) is 0 Å². The quantitative estimate of drug-likeness (QED) is 0.747. The second kappa shape index (κ2) is 6.51. The minimum Gasteiger partial charge on any atom is -0.369 e. The van der Waals surface area contributed by atoms with Gasteiger partial charge in [0.25, 0.3) is 0 Å². The van der Waals surface area contributed by atoms with E-state index >= 15 is 0 Å². The Morgan fingerprint density at radius 2 is 1.64 bits per heavy atom. The fourth-order valence-corrected chi connectivity index (χ4v) is 4.53. The maximum atomic E-state index is 12.1. The number of primary amides is 1. The molecule has 130 valence electrons. The first kappa shape index (κ1) is 19.5. The van der Waals surface area contributed by atoms with Gasteiger partial charge in [-0.1, -0.05) is 41.5 Å². The average molecular weight is 312 g/mol. The highest BCUT2D eigenvalue weighted by Crippen LogP contribution is 2.44. The van der Waals surface area contributed by atoms with E-state index in [1.54, 1.807) is 0 Å². The molecule has 0 aromatic carbocycles. The molecule has 3 atom stereocenters. The maximum absolute atomic E-state index is 12.1. The lowest BCUT2D eigenvalue weighted by Gasteiger charge is -2.38. The molecule has 0 bridgehead atoms. The summed E-state index contributed by atoms with van der Waals surface area (Å²) in [6, 6.07) is 0. The molecule has 1 saturated heterocycles. The Balaban J connectivity index is 2.89. The molecule has 1 aliphatic rings. The first-order valence-corrected chi connectivity index (χ1v) is 8.89. The number of amides is 1. The van der Waals surface area contributed by atoms with Crippen LogP contribution in [0.3, 0.4) is 0 Å². The molecule has 3 heteroatoms. The number of quaternary nitrogens is 1. The molecule has 1 heterocycles. The SMILES string of the molecule is CCC1C[N+](C)(C)CC1CC(C)(C)C(CC(C)(C)C)C(N)=O. The van der Waals surface area contributed by atoms with Gasteiger partial charge in [-0.25, -0.2) is 0 Å². The summed E-state index contributed by atoms with van der Waals surface area (Å²) in [6.07, 6.45) is 3.22. The van der Waals surface area contributed by atoms with Gasteiger partial charge in [0.2, 0.25) is 5.91 Å². The molecule has 0 spiro atoms. The number of carbonyl (C=O) groups excluding carboxylic acids is 1. The molecule has 1 amide bonds. The molecule has 3 nitrogen and oxygen atoms in total. The van der Waals surface area contributed by atoms with Crippen LogP contribution >= 0.6 is 0 Å². The van der Waals surface area contributed by atoms with Crippen molar-refractivity contribution < 1.29 is 9.28 Å². The largest absolute Gasteiger partial charge is 0.369 e. The third-order valence-corrected chi connectivity index (χ3v) is 5.54. The van der Waals surface area contributed by atoms with E-state index in [4.69, 9.17) is 5.73 Å². The van der Waals surface area contributed by atoms with E-state index in [-0.39, 0.29) is 22.7 Å². The number of carbonyl (C=O) groups is 1. The second-order valence-corrected chi connectivity index (χ2v) is 10.1. The molecule has 0 aromatic rings. The molecule has 2 N–H and O–H groups in total. The topological polar surface area (TPSA) is 43.1 Å². The third-order valence-electron chi connectivity index (χ3n) is 5.54. The first-order chi connectivity index (χ1) is 9.77. The molecule has 3 unspecified atom stereocenters. The highest BCUT2D eigenvalue weighted by atomic mass is 16.1. The zero-order valence-electron chi connectivity index (χ0n) is 16.2. The smallest absolute Gasteiger partial charge is 0.221 e. The minimum atomic E-state index is -0.125. The van der Waals surface area contributed by atoms with Crippen LogP contribution in [0.15, 0.2) is 0 Å². The Kier molecular flexibility index (Phi) is 5.76. The molecule has 22 heavy (non-hydrogen) atoms. The monoisotopic (exact) mass is 311 g/mol. The summed E-state index contributed by atoms with van der Waals surface area (Å²) in [7, 11) is 4.66. The highest BCUT2D eigenvalue weighted by molar-refractivity contribution is 5.77. The Hall–Kier alpha value is -0.570. The van der Waals surface area contributed by atoms with Crippen LogP contribution in [0.2, 0.25) is 0 Å². The van der Waals surface area contributed by atoms with E-state index in [2.05, 4.69) is 55.6 Å². The van der Waals surface area contributed by atoms with Gasteiger partial charge >= 0.3 is 0 Å². The van der Waals surface area contributed by atoms with Crippen LogP contribution in [-0.4, -0.2) is 37.6 Å². The molecule has 0 aliphatic carbocycles. The van der Waals surface area contributed by atoms with E-state index in [9.17, 15) is 4.79 Å². The maximum Gasteiger partial charge on any atom is 0.221 e. The summed E-state index contributed by atoms with van der Waals surface area (Å²) in [5.41, 5.74) is 5.89. The van der Waals surface area contributed by atoms with E-state index < -0.39 is 0 Å². The van der Waals surface area contributed by atoms with Gasteiger partial charge in [0, 0.05) is 17.8 Å². The van der Waals surface area contributed by atoms with Crippen molar-refractivity contribution in [3.63, 3.8) is 0 Å². The van der Waals surface area contributed by atoms with Crippen LogP contribution in [-0.2, 0) is 4.79 Å². The molecule has 0 radical (unpaired) electrons. The Bertz CT molecular complexity index is 393. The molecule has 1 rings (SSSR count). The molecule has 0 aromatic heterocycles. The average Bonchev–Trinajstić information content (AvgIpc) is 2.58. The fraction of sp³-hybridized carbons (Fsp3) is 0.947. The second-order valence-electron chi connectivity index (χ2n) is 10.1. The number of nitrogens with zero attached hydrogens (tertiary/aromatic N) is 1. The van der Waals surface area contributed by atoms with Crippen LogP contribution in [0.1, 0.15) is 60.8 Å². The van der Waals surface area contributed by atoms with Gasteiger partial charge in [-0.3, -0.25) is 4.79 Å². The van der Waals surface area contributed by atoms with Crippen molar-refractivity contribution in [3.8, 4) is 0 Å². The van der Waals surface area contributed by atoms with Gasteiger partial charge in [-0.05, 0) is 30.1 Å². The van der Waals surface area contributed by atoms with E-state index in [0.29, 0.717) is 5.92 Å². The predicted molar refractivity (Wildman–Crippen MR) is 94.3 cm³/mol. The standard InChI is InChI=1S/C19H38N2O/c1-9-14-12-21(7,8)13-15(14)10-19(5,6)16(17(20)22)11-18(2,3)4/h14-16H,9-13H2,1-8H3,(H-,20,22)/p+1. The summed E-state index contributed by atoms with van der Waals surface area (Å²) < 4.78 is 1.11. The van der Waals surface area contributed by atoms with Crippen LogP contribution in [0.5, 0.6) is 0 Å². The zero-order valence-corrected chi connectivity index (χ0v) is 16.2. The predicted octanol–water partition coefficient (Wildman–Crippen LogP) is 3.67. The van der Waals surface area contributed by atoms with Gasteiger partial charge in [-0.2, -0.15) is 0 Å². The van der Waals surface area contributed by atoms with Gasteiger partial charge in [0.1, 0.15) is 0 Å². The van der Waals surface area contributed by atoms with Crippen LogP contribution < -0.4 is 5.73 Å². The summed E-state index contributed by atoms with van der Waals surface area (Å²) in [6.45, 7) is 15.9. The molecule has 1 fully saturated rings. The molecule has 0 saturated carbocycles. The van der Waals surface area contributed by atoms with Gasteiger partial charge in [-0.15, -0.1) is 0 Å². The van der Waals surface area contributed by atoms with Crippen molar-refractivity contribution in [1.29, 1.82) is 0 Å². The highest BCUT2D eigenvalue weighted by Gasteiger charge is 2.45. The summed E-state index contributed by atoms with van der Waals surface area (Å²) in [5, 5.41) is 0. The lowest BCUT2D eigenvalue weighted by atomic mass is 9.66. The van der Waals surface area contributed by atoms with Crippen molar-refractivity contribution >= 4 is 5.91 Å². The summed E-state index contributed by atoms with van der Waals surface area (Å²) >= 11 is 0. The molecular formula is C19H39N2O+. The number of nitrogens with two attached hydrogens (primary N) is 1. The lowest BCUT2D eigenvalue weighted by Crippen LogP contribution is -2.41. The van der Waals surface area contributed by atoms with Crippen molar-refractivity contribution in [3.05, 3.63) is 0 Å². The number of likely N-dealkylation sites (tertiary alicyclic amines) is 1. The number of hydrogen-bond donors (Lipinski definition) is 1. The number of rotatable bonds is 6. The van der Waals surface area contributed by atoms with Gasteiger partial charge < -0.3 is 10.2 Å². The van der Waals surface area contributed by atoms with E-state index in [1.807, 2.05) is 0 Å². The van der Waals surface area contributed by atoms with Crippen LogP contribution in [0, 0.1) is 28.6 Å². The molecular weight excluding hydrogens is 272 g/mol. The minimum absolute atomic E-state index is 0.0263. The lowest BCUT2D eigenvalue weighted by molar-refractivity contribution is -0.880. The Morgan fingerprint density at radius 3 is 2.05 bits per heavy atom. The van der Waals surface area contributed by atoms with Crippen molar-refractivity contribution in [2.75, 3.05) is 27.2 Å². The fourth-order valence-electron chi connectivity index (χ4n) is 4.53. The van der Waals surface area contributed by atoms with Crippen molar-refractivity contribution in [2.24, 2.45) is 34.3 Å². The Labute approximate surface area is 138 Å². The number of hydrogen-bond acceptors (Lipinski definition) is 1. The van der Waals surface area contributed by atoms with E-state index in [0.717, 1.165) is 23.2 Å². The van der Waals surface area contributed by atoms with Gasteiger partial charge in [0.15, 0.2) is 0 Å². The first-order valence-electron chi connectivity index (χ1n) is 8.89. The summed E-state index contributed by atoms with van der Waals surface area (Å²) in [4.78, 5) is 12.1.